The highest BCUT2D eigenvalue weighted by Gasteiger charge is 2.11. The van der Waals surface area contributed by atoms with Crippen molar-refractivity contribution >= 4 is 11.4 Å². The zero-order valence-electron chi connectivity index (χ0n) is 14.0. The summed E-state index contributed by atoms with van der Waals surface area (Å²) < 4.78 is 7.40. The molecule has 0 radical (unpaired) electrons. The van der Waals surface area contributed by atoms with Crippen LogP contribution in [-0.4, -0.2) is 41.5 Å². The Morgan fingerprint density at radius 1 is 1.04 bits per heavy atom. The molecule has 4 rings (SSSR count). The third-order valence-corrected chi connectivity index (χ3v) is 4.68. The molecule has 2 N–H and O–H groups in total. The molecule has 3 aromatic rings. The van der Waals surface area contributed by atoms with Crippen molar-refractivity contribution in [2.75, 3.05) is 26.3 Å². The molecule has 1 aliphatic heterocycles. The van der Waals surface area contributed by atoms with Crippen LogP contribution in [0.4, 0.5) is 0 Å². The minimum Gasteiger partial charge on any atom is -0.379 e. The maximum absolute atomic E-state index is 11.3. The van der Waals surface area contributed by atoms with Crippen LogP contribution < -0.4 is 5.73 Å². The number of nitrogens with two attached hydrogens (primary N) is 1. The van der Waals surface area contributed by atoms with Gasteiger partial charge in [0.15, 0.2) is 0 Å². The number of benzene rings is 1. The number of hydrogen-bond acceptors (Lipinski definition) is 3. The smallest absolute Gasteiger partial charge is 0.248 e. The standard InChI is InChI=1S/C20H21N3O2/c21-20(24)17-5-6-23-14-18(12-19(23)11-17)16-3-1-15(2-4-16)13-22-7-9-25-10-8-22/h1-6,11-12,14H,7-10,13H2,(H2,21,24). The molecule has 5 heteroatoms. The fourth-order valence-electron chi connectivity index (χ4n) is 3.24. The molecule has 0 saturated carbocycles. The molecule has 2 aromatic heterocycles. The van der Waals surface area contributed by atoms with Gasteiger partial charge in [-0.05, 0) is 29.3 Å². The third-order valence-electron chi connectivity index (χ3n) is 4.68. The highest BCUT2D eigenvalue weighted by Crippen LogP contribution is 2.24. The monoisotopic (exact) mass is 335 g/mol. The normalized spacial score (nSPS) is 15.5. The summed E-state index contributed by atoms with van der Waals surface area (Å²) in [6.07, 6.45) is 3.93. The van der Waals surface area contributed by atoms with Gasteiger partial charge in [-0.2, -0.15) is 0 Å². The van der Waals surface area contributed by atoms with E-state index in [1.54, 1.807) is 6.07 Å². The van der Waals surface area contributed by atoms with E-state index in [0.29, 0.717) is 5.56 Å². The summed E-state index contributed by atoms with van der Waals surface area (Å²) in [7, 11) is 0. The molecule has 25 heavy (non-hydrogen) atoms. The second kappa shape index (κ2) is 6.70. The third kappa shape index (κ3) is 3.43. The first kappa shape index (κ1) is 15.9. The highest BCUT2D eigenvalue weighted by atomic mass is 16.5. The number of nitrogens with zero attached hydrogens (tertiary/aromatic N) is 2. The number of pyridine rings is 1. The van der Waals surface area contributed by atoms with Crippen molar-refractivity contribution in [1.29, 1.82) is 0 Å². The van der Waals surface area contributed by atoms with Crippen LogP contribution in [0, 0.1) is 0 Å². The number of carbonyl (C=O) groups is 1. The zero-order valence-corrected chi connectivity index (χ0v) is 14.0. The molecule has 0 spiro atoms. The van der Waals surface area contributed by atoms with Gasteiger partial charge < -0.3 is 14.9 Å². The first-order valence-corrected chi connectivity index (χ1v) is 8.50. The molecule has 1 saturated heterocycles. The van der Waals surface area contributed by atoms with Gasteiger partial charge in [-0.15, -0.1) is 0 Å². The Bertz CT molecular complexity index is 893. The number of aromatic nitrogens is 1. The fourth-order valence-corrected chi connectivity index (χ4v) is 3.24. The molecule has 1 amide bonds. The van der Waals surface area contributed by atoms with Gasteiger partial charge in [0.2, 0.25) is 5.91 Å². The van der Waals surface area contributed by atoms with Crippen LogP contribution in [0.15, 0.2) is 54.9 Å². The predicted octanol–water partition coefficient (Wildman–Crippen LogP) is 2.54. The SMILES string of the molecule is NC(=O)c1ccn2cc(-c3ccc(CN4CCOCC4)cc3)cc2c1. The molecule has 1 aliphatic rings. The second-order valence-electron chi connectivity index (χ2n) is 6.43. The Balaban J connectivity index is 1.55. The number of primary amides is 1. The van der Waals surface area contributed by atoms with Crippen LogP contribution in [0.2, 0.25) is 0 Å². The van der Waals surface area contributed by atoms with Crippen LogP contribution >= 0.6 is 0 Å². The van der Waals surface area contributed by atoms with Crippen LogP contribution in [0.1, 0.15) is 15.9 Å². The van der Waals surface area contributed by atoms with Crippen molar-refractivity contribution in [2.24, 2.45) is 5.73 Å². The van der Waals surface area contributed by atoms with Crippen LogP contribution in [0.25, 0.3) is 16.6 Å². The summed E-state index contributed by atoms with van der Waals surface area (Å²) in [4.78, 5) is 13.7. The molecule has 0 bridgehead atoms. The number of rotatable bonds is 4. The topological polar surface area (TPSA) is 60.0 Å². The molecule has 0 unspecified atom stereocenters. The van der Waals surface area contributed by atoms with E-state index >= 15 is 0 Å². The van der Waals surface area contributed by atoms with Crippen molar-refractivity contribution in [3.05, 3.63) is 66.0 Å². The van der Waals surface area contributed by atoms with E-state index in [1.807, 2.05) is 16.7 Å². The van der Waals surface area contributed by atoms with Gasteiger partial charge in [-0.25, -0.2) is 0 Å². The van der Waals surface area contributed by atoms with E-state index in [9.17, 15) is 4.79 Å². The van der Waals surface area contributed by atoms with Gasteiger partial charge in [0.05, 0.1) is 13.2 Å². The summed E-state index contributed by atoms with van der Waals surface area (Å²) in [5.74, 6) is -0.405. The Hall–Kier alpha value is -2.63. The van der Waals surface area contributed by atoms with E-state index in [1.165, 1.54) is 5.56 Å². The Morgan fingerprint density at radius 3 is 2.52 bits per heavy atom. The molecule has 0 atom stereocenters. The van der Waals surface area contributed by atoms with Gasteiger partial charge in [0.1, 0.15) is 0 Å². The van der Waals surface area contributed by atoms with Crippen LogP contribution in [-0.2, 0) is 11.3 Å². The van der Waals surface area contributed by atoms with E-state index in [4.69, 9.17) is 10.5 Å². The largest absolute Gasteiger partial charge is 0.379 e. The molecule has 1 fully saturated rings. The summed E-state index contributed by atoms with van der Waals surface area (Å²) >= 11 is 0. The van der Waals surface area contributed by atoms with E-state index in [2.05, 4.69) is 41.4 Å². The maximum Gasteiger partial charge on any atom is 0.248 e. The maximum atomic E-state index is 11.3. The lowest BCUT2D eigenvalue weighted by Gasteiger charge is -2.26. The van der Waals surface area contributed by atoms with E-state index in [0.717, 1.165) is 49.5 Å². The predicted molar refractivity (Wildman–Crippen MR) is 97.4 cm³/mol. The molecule has 128 valence electrons. The van der Waals surface area contributed by atoms with Crippen molar-refractivity contribution in [2.45, 2.75) is 6.54 Å². The van der Waals surface area contributed by atoms with Gasteiger partial charge in [-0.1, -0.05) is 24.3 Å². The molecular formula is C20H21N3O2. The Labute approximate surface area is 146 Å². The van der Waals surface area contributed by atoms with Gasteiger partial charge in [0.25, 0.3) is 0 Å². The quantitative estimate of drug-likeness (QED) is 0.797. The minimum absolute atomic E-state index is 0.405. The lowest BCUT2D eigenvalue weighted by molar-refractivity contribution is 0.0342. The summed E-state index contributed by atoms with van der Waals surface area (Å²) in [5.41, 5.74) is 10.4. The second-order valence-corrected chi connectivity index (χ2v) is 6.43. The van der Waals surface area contributed by atoms with E-state index in [-0.39, 0.29) is 0 Å². The average Bonchev–Trinajstić information content (AvgIpc) is 3.06. The summed E-state index contributed by atoms with van der Waals surface area (Å²) in [6, 6.07) is 14.3. The number of ether oxygens (including phenoxy) is 1. The van der Waals surface area contributed by atoms with Crippen molar-refractivity contribution in [3.8, 4) is 11.1 Å². The van der Waals surface area contributed by atoms with Gasteiger partial charge >= 0.3 is 0 Å². The number of carbonyl (C=O) groups excluding carboxylic acids is 1. The first-order valence-electron chi connectivity index (χ1n) is 8.50. The first-order chi connectivity index (χ1) is 12.2. The highest BCUT2D eigenvalue weighted by molar-refractivity contribution is 5.94. The van der Waals surface area contributed by atoms with Crippen LogP contribution in [0.5, 0.6) is 0 Å². The zero-order chi connectivity index (χ0) is 17.2. The fraction of sp³-hybridized carbons (Fsp3) is 0.250. The summed E-state index contributed by atoms with van der Waals surface area (Å²) in [6.45, 7) is 4.60. The van der Waals surface area contributed by atoms with Gasteiger partial charge in [-0.3, -0.25) is 9.69 Å². The number of amides is 1. The van der Waals surface area contributed by atoms with E-state index < -0.39 is 5.91 Å². The lowest BCUT2D eigenvalue weighted by atomic mass is 10.1. The molecular weight excluding hydrogens is 314 g/mol. The number of fused-ring (bicyclic) bond motifs is 1. The molecule has 1 aromatic carbocycles. The minimum atomic E-state index is -0.405. The lowest BCUT2D eigenvalue weighted by Crippen LogP contribution is -2.35. The molecule has 0 aliphatic carbocycles. The Morgan fingerprint density at radius 2 is 1.80 bits per heavy atom. The number of morpholine rings is 1. The number of hydrogen-bond donors (Lipinski definition) is 1. The van der Waals surface area contributed by atoms with Gasteiger partial charge in [0, 0.05) is 48.7 Å². The molecule has 3 heterocycles. The van der Waals surface area contributed by atoms with Crippen molar-refractivity contribution < 1.29 is 9.53 Å². The molecule has 5 nitrogen and oxygen atoms in total. The van der Waals surface area contributed by atoms with Crippen molar-refractivity contribution in [3.63, 3.8) is 0 Å². The summed E-state index contributed by atoms with van der Waals surface area (Å²) in [5, 5.41) is 0. The average molecular weight is 335 g/mol. The Kier molecular flexibility index (Phi) is 4.26. The van der Waals surface area contributed by atoms with Crippen LogP contribution in [0.3, 0.4) is 0 Å². The van der Waals surface area contributed by atoms with Crippen molar-refractivity contribution in [1.82, 2.24) is 9.30 Å².